The van der Waals surface area contributed by atoms with E-state index in [1.165, 1.54) is 4.68 Å². The van der Waals surface area contributed by atoms with Crippen molar-refractivity contribution >= 4 is 21.4 Å². The number of sulfone groups is 1. The molecule has 0 aliphatic carbocycles. The SMILES string of the molecule is CCCn1nnnc1CS(=O)(=O)c1ncc(C(F)(F)F)cc1Cl. The Labute approximate surface area is 134 Å². The van der Waals surface area contributed by atoms with E-state index in [0.29, 0.717) is 25.2 Å². The van der Waals surface area contributed by atoms with Crippen LogP contribution >= 0.6 is 11.6 Å². The summed E-state index contributed by atoms with van der Waals surface area (Å²) in [5.74, 6) is -0.553. The van der Waals surface area contributed by atoms with Crippen LogP contribution in [0.1, 0.15) is 24.7 Å². The predicted octanol–water partition coefficient (Wildman–Crippen LogP) is 2.12. The van der Waals surface area contributed by atoms with E-state index in [9.17, 15) is 21.6 Å². The van der Waals surface area contributed by atoms with Crippen LogP contribution in [0.5, 0.6) is 0 Å². The first-order chi connectivity index (χ1) is 10.6. The Morgan fingerprint density at radius 3 is 2.61 bits per heavy atom. The van der Waals surface area contributed by atoms with Gasteiger partial charge < -0.3 is 0 Å². The monoisotopic (exact) mass is 369 g/mol. The van der Waals surface area contributed by atoms with Gasteiger partial charge in [0.1, 0.15) is 5.75 Å². The van der Waals surface area contributed by atoms with Crippen molar-refractivity contribution < 1.29 is 21.6 Å². The first-order valence-electron chi connectivity index (χ1n) is 6.35. The molecule has 0 saturated carbocycles. The number of alkyl halides is 3. The maximum absolute atomic E-state index is 12.6. The van der Waals surface area contributed by atoms with Crippen LogP contribution in [0.4, 0.5) is 13.2 Å². The number of hydrogen-bond donors (Lipinski definition) is 0. The highest BCUT2D eigenvalue weighted by Gasteiger charge is 2.33. The minimum atomic E-state index is -4.66. The zero-order valence-electron chi connectivity index (χ0n) is 11.7. The first-order valence-corrected chi connectivity index (χ1v) is 8.38. The molecule has 126 valence electrons. The summed E-state index contributed by atoms with van der Waals surface area (Å²) in [5, 5.41) is 9.39. The van der Waals surface area contributed by atoms with Gasteiger partial charge in [-0.05, 0) is 22.9 Å². The number of nitrogens with zero attached hydrogens (tertiary/aromatic N) is 5. The van der Waals surface area contributed by atoms with Gasteiger partial charge in [0.25, 0.3) is 0 Å². The zero-order chi connectivity index (χ0) is 17.3. The van der Waals surface area contributed by atoms with Crippen molar-refractivity contribution in [1.29, 1.82) is 0 Å². The smallest absolute Gasteiger partial charge is 0.243 e. The number of halogens is 4. The molecule has 0 unspecified atom stereocenters. The Hall–Kier alpha value is -1.75. The van der Waals surface area contributed by atoms with Gasteiger partial charge in [0, 0.05) is 12.7 Å². The van der Waals surface area contributed by atoms with Crippen LogP contribution in [-0.4, -0.2) is 33.6 Å². The van der Waals surface area contributed by atoms with E-state index < -0.39 is 37.4 Å². The molecule has 0 atom stereocenters. The molecule has 0 aliphatic rings. The average molecular weight is 370 g/mol. The number of tetrazole rings is 1. The molecule has 0 spiro atoms. The molecule has 0 amide bonds. The van der Waals surface area contributed by atoms with E-state index in [4.69, 9.17) is 11.6 Å². The molecule has 7 nitrogen and oxygen atoms in total. The van der Waals surface area contributed by atoms with Crippen molar-refractivity contribution in [3.63, 3.8) is 0 Å². The van der Waals surface area contributed by atoms with Gasteiger partial charge in [-0.2, -0.15) is 13.2 Å². The Kier molecular flexibility index (Phi) is 4.90. The number of hydrogen-bond acceptors (Lipinski definition) is 6. The highest BCUT2D eigenvalue weighted by Crippen LogP contribution is 2.32. The lowest BCUT2D eigenvalue weighted by Crippen LogP contribution is -2.14. The number of pyridine rings is 1. The van der Waals surface area contributed by atoms with Crippen LogP contribution in [0.15, 0.2) is 17.3 Å². The molecule has 2 aromatic heterocycles. The molecule has 0 radical (unpaired) electrons. The van der Waals surface area contributed by atoms with E-state index in [2.05, 4.69) is 20.5 Å². The fourth-order valence-corrected chi connectivity index (χ4v) is 3.53. The first kappa shape index (κ1) is 17.6. The molecular weight excluding hydrogens is 359 g/mol. The van der Waals surface area contributed by atoms with Crippen LogP contribution in [-0.2, 0) is 28.3 Å². The molecule has 0 aliphatic heterocycles. The molecular formula is C11H11ClF3N5O2S. The Morgan fingerprint density at radius 2 is 2.04 bits per heavy atom. The maximum atomic E-state index is 12.6. The van der Waals surface area contributed by atoms with Crippen molar-refractivity contribution in [1.82, 2.24) is 25.2 Å². The minimum Gasteiger partial charge on any atom is -0.243 e. The number of rotatable bonds is 5. The van der Waals surface area contributed by atoms with Gasteiger partial charge >= 0.3 is 6.18 Å². The number of aromatic nitrogens is 5. The maximum Gasteiger partial charge on any atom is 0.417 e. The molecule has 0 aromatic carbocycles. The van der Waals surface area contributed by atoms with Gasteiger partial charge in [-0.25, -0.2) is 18.1 Å². The predicted molar refractivity (Wildman–Crippen MR) is 73.2 cm³/mol. The van der Waals surface area contributed by atoms with Gasteiger partial charge in [0.05, 0.1) is 10.6 Å². The van der Waals surface area contributed by atoms with Gasteiger partial charge in [-0.1, -0.05) is 18.5 Å². The zero-order valence-corrected chi connectivity index (χ0v) is 13.3. The van der Waals surface area contributed by atoms with Crippen molar-refractivity contribution in [2.45, 2.75) is 36.8 Å². The number of aryl methyl sites for hydroxylation is 1. The van der Waals surface area contributed by atoms with Gasteiger partial charge in [-0.3, -0.25) is 0 Å². The third-order valence-electron chi connectivity index (χ3n) is 2.79. The lowest BCUT2D eigenvalue weighted by molar-refractivity contribution is -0.137. The molecule has 2 rings (SSSR count). The fraction of sp³-hybridized carbons (Fsp3) is 0.455. The summed E-state index contributed by atoms with van der Waals surface area (Å²) < 4.78 is 63.6. The third-order valence-corrected chi connectivity index (χ3v) is 4.74. The second kappa shape index (κ2) is 6.40. The fourth-order valence-electron chi connectivity index (χ4n) is 1.76. The molecule has 0 fully saturated rings. The van der Waals surface area contributed by atoms with E-state index in [0.717, 1.165) is 0 Å². The molecule has 0 N–H and O–H groups in total. The minimum absolute atomic E-state index is 0.0598. The van der Waals surface area contributed by atoms with Crippen molar-refractivity contribution in [2.75, 3.05) is 0 Å². The van der Waals surface area contributed by atoms with Gasteiger partial charge in [0.15, 0.2) is 10.9 Å². The van der Waals surface area contributed by atoms with Crippen LogP contribution < -0.4 is 0 Å². The van der Waals surface area contributed by atoms with Crippen molar-refractivity contribution in [3.05, 3.63) is 28.7 Å². The summed E-state index contributed by atoms with van der Waals surface area (Å²) in [5.41, 5.74) is -1.13. The van der Waals surface area contributed by atoms with E-state index in [1.807, 2.05) is 6.92 Å². The van der Waals surface area contributed by atoms with Crippen molar-refractivity contribution in [2.24, 2.45) is 0 Å². The summed E-state index contributed by atoms with van der Waals surface area (Å²) in [6.45, 7) is 2.26. The summed E-state index contributed by atoms with van der Waals surface area (Å²) in [4.78, 5) is 3.35. The normalized spacial score (nSPS) is 12.6. The van der Waals surface area contributed by atoms with Crippen LogP contribution in [0.2, 0.25) is 5.02 Å². The van der Waals surface area contributed by atoms with Gasteiger partial charge in [0.2, 0.25) is 9.84 Å². The Bertz CT molecular complexity index is 806. The van der Waals surface area contributed by atoms with Crippen LogP contribution in [0.25, 0.3) is 0 Å². The van der Waals surface area contributed by atoms with Crippen molar-refractivity contribution in [3.8, 4) is 0 Å². The lowest BCUT2D eigenvalue weighted by Gasteiger charge is -2.09. The standard InChI is InChI=1S/C11H11ClF3N5O2S/c1-2-3-20-9(17-18-19-20)6-23(21,22)10-8(12)4-7(5-16-10)11(13,14)15/h4-5H,2-3,6H2,1H3. The average Bonchev–Trinajstić information content (AvgIpc) is 2.84. The van der Waals surface area contributed by atoms with E-state index >= 15 is 0 Å². The topological polar surface area (TPSA) is 90.6 Å². The molecule has 0 saturated heterocycles. The summed E-state index contributed by atoms with van der Waals surface area (Å²) in [6, 6.07) is 0.524. The largest absolute Gasteiger partial charge is 0.417 e. The van der Waals surface area contributed by atoms with Crippen LogP contribution in [0, 0.1) is 0 Å². The Morgan fingerprint density at radius 1 is 1.35 bits per heavy atom. The highest BCUT2D eigenvalue weighted by atomic mass is 35.5. The third kappa shape index (κ3) is 3.96. The molecule has 2 aromatic rings. The van der Waals surface area contributed by atoms with E-state index in [1.54, 1.807) is 0 Å². The van der Waals surface area contributed by atoms with E-state index in [-0.39, 0.29) is 5.82 Å². The molecule has 2 heterocycles. The molecule has 12 heteroatoms. The summed E-state index contributed by atoms with van der Waals surface area (Å²) in [6.07, 6.45) is -3.56. The molecule has 23 heavy (non-hydrogen) atoms. The van der Waals surface area contributed by atoms with Gasteiger partial charge in [-0.15, -0.1) is 5.10 Å². The second-order valence-corrected chi connectivity index (χ2v) is 6.90. The second-order valence-electron chi connectivity index (χ2n) is 4.59. The molecule has 0 bridgehead atoms. The quantitative estimate of drug-likeness (QED) is 0.801. The van der Waals surface area contributed by atoms with Crippen LogP contribution in [0.3, 0.4) is 0 Å². The highest BCUT2D eigenvalue weighted by molar-refractivity contribution is 7.90. The summed E-state index contributed by atoms with van der Waals surface area (Å²) >= 11 is 5.66. The lowest BCUT2D eigenvalue weighted by atomic mass is 10.3. The summed E-state index contributed by atoms with van der Waals surface area (Å²) in [7, 11) is -4.09. The Balaban J connectivity index is 2.35.